The summed E-state index contributed by atoms with van der Waals surface area (Å²) in [6.07, 6.45) is 4.76. The number of thiophene rings is 1. The summed E-state index contributed by atoms with van der Waals surface area (Å²) in [4.78, 5) is 32.0. The number of thiazole rings is 1. The summed E-state index contributed by atoms with van der Waals surface area (Å²) in [6.45, 7) is 0. The second kappa shape index (κ2) is 8.67. The third kappa shape index (κ3) is 4.48. The van der Waals surface area contributed by atoms with Crippen LogP contribution in [0.1, 0.15) is 38.6 Å². The van der Waals surface area contributed by atoms with Gasteiger partial charge in [0.2, 0.25) is 5.91 Å². The highest BCUT2D eigenvalue weighted by Crippen LogP contribution is 2.29. The van der Waals surface area contributed by atoms with Gasteiger partial charge in [-0.1, -0.05) is 36.4 Å². The van der Waals surface area contributed by atoms with Crippen LogP contribution in [0.3, 0.4) is 0 Å². The number of amides is 2. The molecule has 5 nitrogen and oxygen atoms in total. The number of benzene rings is 1. The minimum absolute atomic E-state index is 0.232. The summed E-state index contributed by atoms with van der Waals surface area (Å²) in [7, 11) is 0. The van der Waals surface area contributed by atoms with E-state index in [1.54, 1.807) is 17.4 Å². The van der Waals surface area contributed by atoms with E-state index >= 15 is 0 Å². The Balaban J connectivity index is 1.50. The van der Waals surface area contributed by atoms with E-state index in [0.29, 0.717) is 16.4 Å². The van der Waals surface area contributed by atoms with Gasteiger partial charge in [-0.3, -0.25) is 9.59 Å². The predicted octanol–water partition coefficient (Wildman–Crippen LogP) is 4.06. The first-order valence-corrected chi connectivity index (χ1v) is 11.1. The van der Waals surface area contributed by atoms with Gasteiger partial charge in [-0.05, 0) is 42.7 Å². The average molecular weight is 412 g/mol. The van der Waals surface area contributed by atoms with E-state index in [2.05, 4.69) is 15.6 Å². The lowest BCUT2D eigenvalue weighted by molar-refractivity contribution is -0.118. The first-order valence-electron chi connectivity index (χ1n) is 9.37. The van der Waals surface area contributed by atoms with E-state index in [1.165, 1.54) is 22.6 Å². The van der Waals surface area contributed by atoms with Crippen LogP contribution >= 0.6 is 22.7 Å². The summed E-state index contributed by atoms with van der Waals surface area (Å²) in [5.74, 6) is -0.468. The molecule has 1 aliphatic rings. The maximum atomic E-state index is 13.0. The van der Waals surface area contributed by atoms with Crippen molar-refractivity contribution in [3.05, 3.63) is 68.9 Å². The molecule has 4 rings (SSSR count). The van der Waals surface area contributed by atoms with Crippen LogP contribution in [0.15, 0.2) is 47.8 Å². The number of nitrogens with zero attached hydrogens (tertiary/aromatic N) is 1. The van der Waals surface area contributed by atoms with Gasteiger partial charge in [0.15, 0.2) is 5.13 Å². The number of fused-ring (bicyclic) bond motifs is 1. The molecule has 7 heteroatoms. The van der Waals surface area contributed by atoms with Gasteiger partial charge in [0.05, 0.1) is 10.6 Å². The second-order valence-electron chi connectivity index (χ2n) is 6.78. The molecule has 0 saturated carbocycles. The van der Waals surface area contributed by atoms with Crippen molar-refractivity contribution in [1.82, 2.24) is 10.3 Å². The van der Waals surface area contributed by atoms with E-state index in [9.17, 15) is 9.59 Å². The molecular weight excluding hydrogens is 390 g/mol. The minimum atomic E-state index is -0.669. The number of aromatic nitrogens is 1. The van der Waals surface area contributed by atoms with Crippen molar-refractivity contribution in [2.75, 3.05) is 5.32 Å². The SMILES string of the molecule is O=C(NC(Cc1ccccc1)C(=O)Nc1nc2c(s1)CCCC2)c1cccs1. The quantitative estimate of drug-likeness (QED) is 0.642. The van der Waals surface area contributed by atoms with Crippen LogP contribution in [0.5, 0.6) is 0 Å². The van der Waals surface area contributed by atoms with Crippen LogP contribution in [-0.4, -0.2) is 22.8 Å². The Labute approximate surface area is 171 Å². The fourth-order valence-electron chi connectivity index (χ4n) is 3.29. The normalized spacial score (nSPS) is 14.1. The Bertz CT molecular complexity index is 928. The molecule has 0 fully saturated rings. The van der Waals surface area contributed by atoms with E-state index in [0.717, 1.165) is 30.5 Å². The molecule has 0 bridgehead atoms. The van der Waals surface area contributed by atoms with Crippen molar-refractivity contribution in [3.8, 4) is 0 Å². The van der Waals surface area contributed by atoms with Crippen molar-refractivity contribution in [1.29, 1.82) is 0 Å². The van der Waals surface area contributed by atoms with Gasteiger partial charge in [0, 0.05) is 11.3 Å². The molecule has 2 amide bonds. The molecule has 1 aliphatic carbocycles. The van der Waals surface area contributed by atoms with Crippen molar-refractivity contribution in [2.45, 2.75) is 38.1 Å². The van der Waals surface area contributed by atoms with Gasteiger partial charge in [-0.15, -0.1) is 22.7 Å². The number of hydrogen-bond acceptors (Lipinski definition) is 5. The molecule has 2 heterocycles. The first-order chi connectivity index (χ1) is 13.7. The molecule has 1 unspecified atom stereocenters. The molecule has 144 valence electrons. The number of hydrogen-bond donors (Lipinski definition) is 2. The third-order valence-corrected chi connectivity index (χ3v) is 6.67. The summed E-state index contributed by atoms with van der Waals surface area (Å²) in [6, 6.07) is 12.6. The Kier molecular flexibility index (Phi) is 5.83. The largest absolute Gasteiger partial charge is 0.339 e. The Morgan fingerprint density at radius 3 is 2.64 bits per heavy atom. The molecule has 1 aromatic carbocycles. The van der Waals surface area contributed by atoms with Crippen LogP contribution in [0.25, 0.3) is 0 Å². The molecule has 2 aromatic heterocycles. The van der Waals surface area contributed by atoms with Gasteiger partial charge in [-0.2, -0.15) is 0 Å². The lowest BCUT2D eigenvalue weighted by atomic mass is 10.0. The van der Waals surface area contributed by atoms with E-state index in [-0.39, 0.29) is 11.8 Å². The first kappa shape index (κ1) is 18.8. The van der Waals surface area contributed by atoms with Gasteiger partial charge < -0.3 is 10.6 Å². The molecule has 0 spiro atoms. The standard InChI is InChI=1S/C21H21N3O2S2/c25-19(24-21-23-15-9-4-5-10-17(15)28-21)16(13-14-7-2-1-3-8-14)22-20(26)18-11-6-12-27-18/h1-3,6-8,11-12,16H,4-5,9-10,13H2,(H,22,26)(H,23,24,25). The van der Waals surface area contributed by atoms with Crippen molar-refractivity contribution >= 4 is 39.6 Å². The van der Waals surface area contributed by atoms with Crippen LogP contribution in [0, 0.1) is 0 Å². The van der Waals surface area contributed by atoms with Gasteiger partial charge in [-0.25, -0.2) is 4.98 Å². The summed E-state index contributed by atoms with van der Waals surface area (Å²) < 4.78 is 0. The zero-order chi connectivity index (χ0) is 19.3. The zero-order valence-corrected chi connectivity index (χ0v) is 16.9. The summed E-state index contributed by atoms with van der Waals surface area (Å²) >= 11 is 2.91. The Morgan fingerprint density at radius 1 is 1.07 bits per heavy atom. The number of anilines is 1. The molecular formula is C21H21N3O2S2. The maximum Gasteiger partial charge on any atom is 0.262 e. The smallest absolute Gasteiger partial charge is 0.262 e. The van der Waals surface area contributed by atoms with Gasteiger partial charge in [0.25, 0.3) is 5.91 Å². The fraction of sp³-hybridized carbons (Fsp3) is 0.286. The molecule has 3 aromatic rings. The summed E-state index contributed by atoms with van der Waals surface area (Å²) in [5, 5.41) is 8.29. The van der Waals surface area contributed by atoms with Crippen LogP contribution < -0.4 is 10.6 Å². The van der Waals surface area contributed by atoms with Crippen molar-refractivity contribution in [3.63, 3.8) is 0 Å². The number of rotatable bonds is 6. The Morgan fingerprint density at radius 2 is 1.89 bits per heavy atom. The minimum Gasteiger partial charge on any atom is -0.339 e. The summed E-state index contributed by atoms with van der Waals surface area (Å²) in [5.41, 5.74) is 2.10. The average Bonchev–Trinajstić information content (AvgIpc) is 3.37. The third-order valence-electron chi connectivity index (χ3n) is 4.73. The van der Waals surface area contributed by atoms with E-state index in [1.807, 2.05) is 41.8 Å². The molecule has 0 saturated heterocycles. The van der Waals surface area contributed by atoms with Crippen molar-refractivity contribution < 1.29 is 9.59 Å². The monoisotopic (exact) mass is 411 g/mol. The topological polar surface area (TPSA) is 71.1 Å². The van der Waals surface area contributed by atoms with Gasteiger partial charge >= 0.3 is 0 Å². The Hall–Kier alpha value is -2.51. The number of nitrogens with one attached hydrogen (secondary N) is 2. The molecule has 2 N–H and O–H groups in total. The number of aryl methyl sites for hydroxylation is 2. The molecule has 1 atom stereocenters. The molecule has 28 heavy (non-hydrogen) atoms. The maximum absolute atomic E-state index is 13.0. The van der Waals surface area contributed by atoms with Crippen LogP contribution in [0.2, 0.25) is 0 Å². The second-order valence-corrected chi connectivity index (χ2v) is 8.81. The molecule has 0 aliphatic heterocycles. The highest BCUT2D eigenvalue weighted by molar-refractivity contribution is 7.15. The highest BCUT2D eigenvalue weighted by Gasteiger charge is 2.24. The number of carbonyl (C=O) groups is 2. The van der Waals surface area contributed by atoms with Gasteiger partial charge in [0.1, 0.15) is 6.04 Å². The van der Waals surface area contributed by atoms with E-state index in [4.69, 9.17) is 0 Å². The molecule has 0 radical (unpaired) electrons. The lowest BCUT2D eigenvalue weighted by Crippen LogP contribution is -2.45. The predicted molar refractivity (Wildman–Crippen MR) is 113 cm³/mol. The zero-order valence-electron chi connectivity index (χ0n) is 15.3. The van der Waals surface area contributed by atoms with E-state index < -0.39 is 6.04 Å². The van der Waals surface area contributed by atoms with Crippen LogP contribution in [-0.2, 0) is 24.1 Å². The highest BCUT2D eigenvalue weighted by atomic mass is 32.1. The van der Waals surface area contributed by atoms with Crippen molar-refractivity contribution in [2.24, 2.45) is 0 Å². The fourth-order valence-corrected chi connectivity index (χ4v) is 4.97. The lowest BCUT2D eigenvalue weighted by Gasteiger charge is -2.17. The van der Waals surface area contributed by atoms with Crippen LogP contribution in [0.4, 0.5) is 5.13 Å². The number of carbonyl (C=O) groups excluding carboxylic acids is 2.